The average molecular weight is 813 g/mol. The molecule has 0 aliphatic rings. The predicted molar refractivity (Wildman–Crippen MR) is 228 cm³/mol. The summed E-state index contributed by atoms with van der Waals surface area (Å²) in [5, 5.41) is 20.5. The second kappa shape index (κ2) is 39.7. The third kappa shape index (κ3) is 40.1. The molecule has 56 heavy (non-hydrogen) atoms. The van der Waals surface area contributed by atoms with E-state index >= 15 is 0 Å². The SMILES string of the molecule is CCCCC/C=C\C/C=C\C/C=C\CC(O)C(O)CCCC(=O)OC[C@H](COP(=O)(O)O)OC(=O)CCCCCCCCCCC/C=C\CCCCCCCC. The van der Waals surface area contributed by atoms with Crippen LogP contribution in [0.4, 0.5) is 0 Å². The maximum atomic E-state index is 12.4. The van der Waals surface area contributed by atoms with Gasteiger partial charge in [-0.05, 0) is 77.0 Å². The highest BCUT2D eigenvalue weighted by Gasteiger charge is 2.23. The highest BCUT2D eigenvalue weighted by molar-refractivity contribution is 7.46. The molecule has 0 amide bonds. The van der Waals surface area contributed by atoms with Crippen LogP contribution in [0.1, 0.15) is 194 Å². The first-order valence-corrected chi connectivity index (χ1v) is 23.6. The van der Waals surface area contributed by atoms with E-state index in [9.17, 15) is 24.4 Å². The number of phosphoric acid groups is 1. The molecule has 2 unspecified atom stereocenters. The van der Waals surface area contributed by atoms with Crippen LogP contribution in [-0.4, -0.2) is 63.5 Å². The zero-order valence-corrected chi connectivity index (χ0v) is 36.1. The topological polar surface area (TPSA) is 160 Å². The summed E-state index contributed by atoms with van der Waals surface area (Å²) < 4.78 is 26.3. The van der Waals surface area contributed by atoms with Gasteiger partial charge in [-0.25, -0.2) is 4.57 Å². The highest BCUT2D eigenvalue weighted by atomic mass is 31.2. The van der Waals surface area contributed by atoms with Crippen LogP contribution in [0.25, 0.3) is 0 Å². The van der Waals surface area contributed by atoms with Crippen LogP contribution in [0.5, 0.6) is 0 Å². The Kier molecular flexibility index (Phi) is 38.3. The van der Waals surface area contributed by atoms with Gasteiger partial charge in [0.1, 0.15) is 6.61 Å². The Morgan fingerprint density at radius 3 is 1.55 bits per heavy atom. The Labute approximate surface area is 340 Å². The van der Waals surface area contributed by atoms with E-state index in [1.54, 1.807) is 0 Å². The largest absolute Gasteiger partial charge is 0.469 e. The van der Waals surface area contributed by atoms with Gasteiger partial charge in [0.25, 0.3) is 0 Å². The second-order valence-electron chi connectivity index (χ2n) is 15.0. The molecule has 0 rings (SSSR count). The van der Waals surface area contributed by atoms with E-state index in [4.69, 9.17) is 19.3 Å². The Hall–Kier alpha value is -2.07. The third-order valence-electron chi connectivity index (χ3n) is 9.52. The molecular formula is C45H81O10P. The van der Waals surface area contributed by atoms with Gasteiger partial charge in [0.2, 0.25) is 0 Å². The molecule has 0 aromatic carbocycles. The lowest BCUT2D eigenvalue weighted by molar-refractivity contribution is -0.161. The fourth-order valence-electron chi connectivity index (χ4n) is 6.06. The summed E-state index contributed by atoms with van der Waals surface area (Å²) in [5.74, 6) is -1.17. The number of carbonyl (C=O) groups excluding carboxylic acids is 2. The maximum absolute atomic E-state index is 12.4. The number of unbranched alkanes of at least 4 members (excludes halogenated alkanes) is 18. The lowest BCUT2D eigenvalue weighted by Crippen LogP contribution is -2.29. The van der Waals surface area contributed by atoms with Crippen molar-refractivity contribution in [3.05, 3.63) is 48.6 Å². The lowest BCUT2D eigenvalue weighted by atomic mass is 10.0. The van der Waals surface area contributed by atoms with E-state index in [0.717, 1.165) is 38.5 Å². The van der Waals surface area contributed by atoms with Gasteiger partial charge in [0.05, 0.1) is 18.8 Å². The van der Waals surface area contributed by atoms with E-state index in [-0.39, 0.29) is 25.7 Å². The maximum Gasteiger partial charge on any atom is 0.469 e. The van der Waals surface area contributed by atoms with E-state index in [0.29, 0.717) is 12.8 Å². The second-order valence-corrected chi connectivity index (χ2v) is 16.2. The van der Waals surface area contributed by atoms with Gasteiger partial charge in [-0.1, -0.05) is 152 Å². The number of phosphoric ester groups is 1. The minimum absolute atomic E-state index is 0.0474. The summed E-state index contributed by atoms with van der Waals surface area (Å²) in [4.78, 5) is 43.0. The molecule has 0 aliphatic carbocycles. The van der Waals surface area contributed by atoms with Gasteiger partial charge < -0.3 is 29.5 Å². The van der Waals surface area contributed by atoms with Crippen LogP contribution < -0.4 is 0 Å². The van der Waals surface area contributed by atoms with E-state index < -0.39 is 51.3 Å². The van der Waals surface area contributed by atoms with Crippen molar-refractivity contribution in [2.24, 2.45) is 0 Å². The van der Waals surface area contributed by atoms with Crippen molar-refractivity contribution in [2.75, 3.05) is 13.2 Å². The van der Waals surface area contributed by atoms with Crippen LogP contribution in [0.3, 0.4) is 0 Å². The van der Waals surface area contributed by atoms with E-state index in [1.807, 2.05) is 12.2 Å². The number of allylic oxidation sites excluding steroid dienone is 7. The first kappa shape index (κ1) is 53.9. The minimum Gasteiger partial charge on any atom is -0.462 e. The monoisotopic (exact) mass is 813 g/mol. The number of carbonyl (C=O) groups is 2. The molecule has 0 fully saturated rings. The summed E-state index contributed by atoms with van der Waals surface area (Å²) in [6.45, 7) is 3.41. The molecule has 0 bridgehead atoms. The predicted octanol–water partition coefficient (Wildman–Crippen LogP) is 11.5. The van der Waals surface area contributed by atoms with Gasteiger partial charge in [-0.15, -0.1) is 0 Å². The van der Waals surface area contributed by atoms with Crippen LogP contribution in [0.2, 0.25) is 0 Å². The molecule has 0 aromatic heterocycles. The van der Waals surface area contributed by atoms with Gasteiger partial charge in [0, 0.05) is 12.8 Å². The highest BCUT2D eigenvalue weighted by Crippen LogP contribution is 2.36. The van der Waals surface area contributed by atoms with Gasteiger partial charge in [0.15, 0.2) is 6.10 Å². The number of aliphatic hydroxyl groups excluding tert-OH is 2. The molecule has 326 valence electrons. The fraction of sp³-hybridized carbons (Fsp3) is 0.778. The van der Waals surface area contributed by atoms with Gasteiger partial charge in [-0.2, -0.15) is 0 Å². The van der Waals surface area contributed by atoms with Gasteiger partial charge in [-0.3, -0.25) is 14.1 Å². The molecule has 11 heteroatoms. The van der Waals surface area contributed by atoms with E-state index in [2.05, 4.69) is 54.8 Å². The van der Waals surface area contributed by atoms with Crippen molar-refractivity contribution in [1.29, 1.82) is 0 Å². The Morgan fingerprint density at radius 2 is 0.982 bits per heavy atom. The fourth-order valence-corrected chi connectivity index (χ4v) is 6.42. The molecule has 0 radical (unpaired) electrons. The Balaban J connectivity index is 4.12. The summed E-state index contributed by atoms with van der Waals surface area (Å²) in [6.07, 6.45) is 41.5. The smallest absolute Gasteiger partial charge is 0.462 e. The molecular weight excluding hydrogens is 731 g/mol. The normalized spacial score (nSPS) is 14.0. The number of esters is 2. The summed E-state index contributed by atoms with van der Waals surface area (Å²) >= 11 is 0. The van der Waals surface area contributed by atoms with Crippen molar-refractivity contribution in [2.45, 2.75) is 212 Å². The number of aliphatic hydroxyl groups is 2. The minimum atomic E-state index is -4.83. The van der Waals surface area contributed by atoms with Crippen LogP contribution in [-0.2, 0) is 28.2 Å². The zero-order chi connectivity index (χ0) is 41.4. The van der Waals surface area contributed by atoms with Crippen LogP contribution >= 0.6 is 7.82 Å². The average Bonchev–Trinajstić information content (AvgIpc) is 3.16. The molecule has 0 saturated heterocycles. The molecule has 0 heterocycles. The third-order valence-corrected chi connectivity index (χ3v) is 10.0. The summed E-state index contributed by atoms with van der Waals surface area (Å²) in [5.41, 5.74) is 0. The molecule has 0 aliphatic heterocycles. The number of ether oxygens (including phenoxy) is 2. The number of rotatable bonds is 40. The van der Waals surface area contributed by atoms with Crippen molar-refractivity contribution in [1.82, 2.24) is 0 Å². The van der Waals surface area contributed by atoms with Crippen LogP contribution in [0.15, 0.2) is 48.6 Å². The Bertz CT molecular complexity index is 1080. The molecule has 0 saturated carbocycles. The molecule has 10 nitrogen and oxygen atoms in total. The number of hydrogen-bond acceptors (Lipinski definition) is 8. The quantitative estimate of drug-likeness (QED) is 0.0203. The molecule has 0 aromatic rings. The zero-order valence-electron chi connectivity index (χ0n) is 35.2. The van der Waals surface area contributed by atoms with Crippen LogP contribution in [0, 0.1) is 0 Å². The molecule has 4 N–H and O–H groups in total. The molecule has 3 atom stereocenters. The van der Waals surface area contributed by atoms with Crippen molar-refractivity contribution < 1.29 is 48.2 Å². The lowest BCUT2D eigenvalue weighted by Gasteiger charge is -2.19. The summed E-state index contributed by atoms with van der Waals surface area (Å²) in [7, 11) is -4.83. The van der Waals surface area contributed by atoms with Crippen molar-refractivity contribution in [3.63, 3.8) is 0 Å². The standard InChI is InChI=1S/C45H81O10P/c1-3-5-7-9-11-13-15-17-18-19-20-21-22-23-25-27-29-31-33-37-45(49)55-41(40-54-56(50,51)52)39-53-44(48)38-34-36-43(47)42(46)35-32-30-28-26-24-16-14-12-10-8-6-4-2/h12,14,17-18,24,26,30,32,41-43,46-47H,3-11,13,15-16,19-23,25,27-29,31,33-40H2,1-2H3,(H2,50,51,52)/b14-12-,18-17-,26-24-,32-30-/t41-,42?,43?/m1/s1. The summed E-state index contributed by atoms with van der Waals surface area (Å²) in [6, 6.07) is 0. The first-order chi connectivity index (χ1) is 27.1. The van der Waals surface area contributed by atoms with Crippen molar-refractivity contribution in [3.8, 4) is 0 Å². The van der Waals surface area contributed by atoms with E-state index in [1.165, 1.54) is 103 Å². The molecule has 0 spiro atoms. The Morgan fingerprint density at radius 1 is 0.536 bits per heavy atom. The van der Waals surface area contributed by atoms with Gasteiger partial charge >= 0.3 is 19.8 Å². The number of hydrogen-bond donors (Lipinski definition) is 4. The first-order valence-electron chi connectivity index (χ1n) is 22.1. The van der Waals surface area contributed by atoms with Crippen molar-refractivity contribution >= 4 is 19.8 Å².